The molecule has 6 heteroatoms. The third kappa shape index (κ3) is 2.65. The number of aliphatic hydroxyl groups is 1. The number of aromatic nitrogens is 2. The fraction of sp³-hybridized carbons (Fsp3) is 0.412. The van der Waals surface area contributed by atoms with Gasteiger partial charge in [0.05, 0.1) is 16.4 Å². The van der Waals surface area contributed by atoms with Crippen LogP contribution in [0.3, 0.4) is 0 Å². The summed E-state index contributed by atoms with van der Waals surface area (Å²) in [4.78, 5) is 15.5. The third-order valence-electron chi connectivity index (χ3n) is 4.52. The predicted molar refractivity (Wildman–Crippen MR) is 97.7 cm³/mol. The van der Waals surface area contributed by atoms with Gasteiger partial charge in [-0.2, -0.15) is 0 Å². The smallest absolute Gasteiger partial charge is 0.173 e. The fourth-order valence-electron chi connectivity index (χ4n) is 3.05. The second kappa shape index (κ2) is 5.85. The summed E-state index contributed by atoms with van der Waals surface area (Å²) in [6.45, 7) is 6.01. The van der Waals surface area contributed by atoms with Crippen molar-refractivity contribution < 1.29 is 5.11 Å². The van der Waals surface area contributed by atoms with Gasteiger partial charge in [0.25, 0.3) is 0 Å². The molecule has 0 aromatic carbocycles. The van der Waals surface area contributed by atoms with Gasteiger partial charge in [-0.3, -0.25) is 0 Å². The first-order valence-electron chi connectivity index (χ1n) is 7.88. The summed E-state index contributed by atoms with van der Waals surface area (Å²) in [6, 6.07) is 4.11. The highest BCUT2D eigenvalue weighted by molar-refractivity contribution is 7.19. The Morgan fingerprint density at radius 2 is 2.00 bits per heavy atom. The zero-order valence-electron chi connectivity index (χ0n) is 13.2. The zero-order chi connectivity index (χ0) is 16.0. The van der Waals surface area contributed by atoms with Crippen molar-refractivity contribution in [3.05, 3.63) is 28.0 Å². The molecule has 4 rings (SSSR count). The van der Waals surface area contributed by atoms with E-state index in [0.29, 0.717) is 0 Å². The van der Waals surface area contributed by atoms with Crippen molar-refractivity contribution in [2.24, 2.45) is 0 Å². The number of anilines is 1. The fourth-order valence-corrected chi connectivity index (χ4v) is 4.73. The van der Waals surface area contributed by atoms with Gasteiger partial charge in [0, 0.05) is 18.0 Å². The Balaban J connectivity index is 1.89. The van der Waals surface area contributed by atoms with Crippen molar-refractivity contribution >= 4 is 38.7 Å². The molecule has 1 fully saturated rings. The van der Waals surface area contributed by atoms with E-state index in [2.05, 4.69) is 30.2 Å². The third-order valence-corrected chi connectivity index (χ3v) is 6.48. The molecule has 4 nitrogen and oxygen atoms in total. The number of piperidine rings is 1. The summed E-state index contributed by atoms with van der Waals surface area (Å²) < 4.78 is 0. The molecule has 0 amide bonds. The number of hydrogen-bond donors (Lipinski definition) is 1. The van der Waals surface area contributed by atoms with Crippen molar-refractivity contribution in [2.45, 2.75) is 32.8 Å². The molecule has 0 bridgehead atoms. The number of rotatable bonds is 2. The Morgan fingerprint density at radius 1 is 1.22 bits per heavy atom. The van der Waals surface area contributed by atoms with E-state index >= 15 is 0 Å². The van der Waals surface area contributed by atoms with E-state index in [1.165, 1.54) is 15.8 Å². The molecule has 23 heavy (non-hydrogen) atoms. The van der Waals surface area contributed by atoms with E-state index in [9.17, 15) is 5.11 Å². The highest BCUT2D eigenvalue weighted by Crippen LogP contribution is 2.38. The highest BCUT2D eigenvalue weighted by Gasteiger charge is 2.23. The van der Waals surface area contributed by atoms with Crippen LogP contribution in [0.2, 0.25) is 0 Å². The minimum Gasteiger partial charge on any atom is -0.393 e. The lowest BCUT2D eigenvalue weighted by molar-refractivity contribution is 0.145. The Morgan fingerprint density at radius 3 is 2.70 bits per heavy atom. The molecule has 3 aromatic heterocycles. The first-order valence-corrected chi connectivity index (χ1v) is 9.57. The average Bonchev–Trinajstić information content (AvgIpc) is 3.17. The second-order valence-corrected chi connectivity index (χ2v) is 8.18. The van der Waals surface area contributed by atoms with Crippen LogP contribution in [0.25, 0.3) is 20.9 Å². The first-order chi connectivity index (χ1) is 11.1. The molecule has 4 heterocycles. The number of thiophene rings is 2. The number of aliphatic hydroxyl groups excluding tert-OH is 1. The van der Waals surface area contributed by atoms with E-state index in [0.717, 1.165) is 47.3 Å². The molecule has 3 aromatic rings. The van der Waals surface area contributed by atoms with Crippen LogP contribution < -0.4 is 4.90 Å². The number of hydrogen-bond acceptors (Lipinski definition) is 6. The molecule has 0 spiro atoms. The van der Waals surface area contributed by atoms with Gasteiger partial charge < -0.3 is 10.0 Å². The van der Waals surface area contributed by atoms with E-state index in [1.54, 1.807) is 22.7 Å². The number of nitrogens with zero attached hydrogens (tertiary/aromatic N) is 3. The maximum Gasteiger partial charge on any atom is 0.173 e. The van der Waals surface area contributed by atoms with Crippen molar-refractivity contribution in [3.8, 4) is 10.7 Å². The van der Waals surface area contributed by atoms with E-state index in [1.807, 2.05) is 6.07 Å². The Bertz CT molecular complexity index is 833. The van der Waals surface area contributed by atoms with Crippen LogP contribution in [0.4, 0.5) is 5.82 Å². The van der Waals surface area contributed by atoms with Crippen molar-refractivity contribution in [1.29, 1.82) is 0 Å². The standard InChI is InChI=1S/C17H19N3OS2/c1-10-11(2)23-17-14(10)16(20-7-5-12(21)6-8-20)18-15(19-17)13-4-3-9-22-13/h3-4,9,12,21H,5-8H2,1-2H3. The molecule has 1 saturated heterocycles. The molecule has 0 radical (unpaired) electrons. The van der Waals surface area contributed by atoms with Crippen LogP contribution in [0.1, 0.15) is 23.3 Å². The first kappa shape index (κ1) is 15.1. The molecule has 0 saturated carbocycles. The van der Waals surface area contributed by atoms with E-state index in [4.69, 9.17) is 9.97 Å². The van der Waals surface area contributed by atoms with Crippen LogP contribution in [0.15, 0.2) is 17.5 Å². The molecule has 120 valence electrons. The second-order valence-electron chi connectivity index (χ2n) is 6.03. The maximum absolute atomic E-state index is 9.79. The minimum absolute atomic E-state index is 0.175. The minimum atomic E-state index is -0.175. The summed E-state index contributed by atoms with van der Waals surface area (Å²) in [5.41, 5.74) is 1.28. The molecular formula is C17H19N3OS2. The van der Waals surface area contributed by atoms with Gasteiger partial charge in [-0.05, 0) is 43.7 Å². The topological polar surface area (TPSA) is 49.2 Å². The maximum atomic E-state index is 9.79. The molecule has 0 aliphatic carbocycles. The van der Waals surface area contributed by atoms with Crippen LogP contribution in [-0.4, -0.2) is 34.3 Å². The van der Waals surface area contributed by atoms with Gasteiger partial charge in [0.1, 0.15) is 10.6 Å². The largest absolute Gasteiger partial charge is 0.393 e. The van der Waals surface area contributed by atoms with Crippen LogP contribution in [0, 0.1) is 13.8 Å². The van der Waals surface area contributed by atoms with Crippen molar-refractivity contribution in [3.63, 3.8) is 0 Å². The summed E-state index contributed by atoms with van der Waals surface area (Å²) in [5.74, 6) is 1.85. The molecule has 0 atom stereocenters. The highest BCUT2D eigenvalue weighted by atomic mass is 32.1. The lowest BCUT2D eigenvalue weighted by Gasteiger charge is -2.31. The number of aryl methyl sites for hydroxylation is 2. The van der Waals surface area contributed by atoms with Crippen molar-refractivity contribution in [2.75, 3.05) is 18.0 Å². The molecule has 0 unspecified atom stereocenters. The van der Waals surface area contributed by atoms with Gasteiger partial charge in [-0.1, -0.05) is 6.07 Å². The molecular weight excluding hydrogens is 326 g/mol. The SMILES string of the molecule is Cc1sc2nc(-c3cccs3)nc(N3CCC(O)CC3)c2c1C. The van der Waals surface area contributed by atoms with Gasteiger partial charge in [0.15, 0.2) is 5.82 Å². The van der Waals surface area contributed by atoms with Crippen LogP contribution in [0.5, 0.6) is 0 Å². The lowest BCUT2D eigenvalue weighted by Crippen LogP contribution is -2.36. The Kier molecular flexibility index (Phi) is 3.83. The predicted octanol–water partition coefficient (Wildman–Crippen LogP) is 4.00. The average molecular weight is 345 g/mol. The molecule has 1 aliphatic heterocycles. The van der Waals surface area contributed by atoms with E-state index in [-0.39, 0.29) is 6.10 Å². The Labute approximate surface area is 143 Å². The van der Waals surface area contributed by atoms with Gasteiger partial charge in [-0.15, -0.1) is 22.7 Å². The van der Waals surface area contributed by atoms with Gasteiger partial charge in [-0.25, -0.2) is 9.97 Å². The summed E-state index contributed by atoms with van der Waals surface area (Å²) >= 11 is 3.42. The zero-order valence-corrected chi connectivity index (χ0v) is 14.9. The van der Waals surface area contributed by atoms with E-state index < -0.39 is 0 Å². The van der Waals surface area contributed by atoms with Crippen LogP contribution >= 0.6 is 22.7 Å². The quantitative estimate of drug-likeness (QED) is 0.763. The van der Waals surface area contributed by atoms with Crippen LogP contribution in [-0.2, 0) is 0 Å². The lowest BCUT2D eigenvalue weighted by atomic mass is 10.1. The van der Waals surface area contributed by atoms with Gasteiger partial charge in [0.2, 0.25) is 0 Å². The number of fused-ring (bicyclic) bond motifs is 1. The summed E-state index contributed by atoms with van der Waals surface area (Å²) in [6.07, 6.45) is 1.44. The summed E-state index contributed by atoms with van der Waals surface area (Å²) in [7, 11) is 0. The summed E-state index contributed by atoms with van der Waals surface area (Å²) in [5, 5.41) is 13.0. The van der Waals surface area contributed by atoms with Gasteiger partial charge >= 0.3 is 0 Å². The Hall–Kier alpha value is -1.50. The normalized spacial score (nSPS) is 16.4. The molecule has 1 N–H and O–H groups in total. The monoisotopic (exact) mass is 345 g/mol. The molecule has 1 aliphatic rings. The van der Waals surface area contributed by atoms with Crippen molar-refractivity contribution in [1.82, 2.24) is 9.97 Å².